The van der Waals surface area contributed by atoms with E-state index in [-0.39, 0.29) is 5.78 Å². The first-order valence-corrected chi connectivity index (χ1v) is 5.37. The number of benzene rings is 1. The quantitative estimate of drug-likeness (QED) is 0.498. The Morgan fingerprint density at radius 1 is 1.62 bits per heavy atom. The minimum absolute atomic E-state index is 0.112. The van der Waals surface area contributed by atoms with E-state index in [4.69, 9.17) is 11.6 Å². The number of rotatable bonds is 2. The van der Waals surface area contributed by atoms with Crippen LogP contribution in [0.25, 0.3) is 0 Å². The van der Waals surface area contributed by atoms with Gasteiger partial charge in [0.25, 0.3) is 0 Å². The van der Waals surface area contributed by atoms with Gasteiger partial charge in [-0.2, -0.15) is 0 Å². The van der Waals surface area contributed by atoms with Crippen molar-refractivity contribution in [3.05, 3.63) is 28.2 Å². The van der Waals surface area contributed by atoms with Crippen molar-refractivity contribution in [1.82, 2.24) is 0 Å². The summed E-state index contributed by atoms with van der Waals surface area (Å²) in [4.78, 5) is 12.2. The van der Waals surface area contributed by atoms with Crippen LogP contribution in [0.2, 0.25) is 0 Å². The van der Waals surface area contributed by atoms with Crippen molar-refractivity contribution in [2.24, 2.45) is 0 Å². The van der Waals surface area contributed by atoms with Gasteiger partial charge in [0.15, 0.2) is 5.78 Å². The highest BCUT2D eigenvalue weighted by atomic mass is 79.9. The van der Waals surface area contributed by atoms with Crippen LogP contribution in [0.4, 0.5) is 0 Å². The fraction of sp³-hybridized carbons (Fsp3) is 0.222. The van der Waals surface area contributed by atoms with Crippen LogP contribution in [0.5, 0.6) is 0 Å². The van der Waals surface area contributed by atoms with Crippen molar-refractivity contribution >= 4 is 45.9 Å². The van der Waals surface area contributed by atoms with E-state index in [0.29, 0.717) is 10.5 Å². The number of alkyl halides is 1. The van der Waals surface area contributed by atoms with Crippen LogP contribution >= 0.6 is 40.2 Å². The molecule has 0 aromatic heterocycles. The maximum atomic E-state index is 11.6. The summed E-state index contributed by atoms with van der Waals surface area (Å²) in [5.74, 6) is -0.112. The second-order valence-electron chi connectivity index (χ2n) is 2.61. The molecular formula is C9H8BrClOS. The third-order valence-electron chi connectivity index (χ3n) is 1.60. The second-order valence-corrected chi connectivity index (χ2v) is 4.61. The van der Waals surface area contributed by atoms with Gasteiger partial charge in [0.2, 0.25) is 0 Å². The number of hydrogen-bond acceptors (Lipinski definition) is 2. The number of carbonyl (C=O) groups excluding carboxylic acids is 1. The molecule has 0 aliphatic carbocycles. The van der Waals surface area contributed by atoms with Gasteiger partial charge < -0.3 is 0 Å². The molecule has 0 N–H and O–H groups in total. The Balaban J connectivity index is 3.20. The lowest BCUT2D eigenvalue weighted by Gasteiger charge is -2.07. The van der Waals surface area contributed by atoms with Gasteiger partial charge in [0.1, 0.15) is 0 Å². The zero-order valence-electron chi connectivity index (χ0n) is 6.92. The minimum Gasteiger partial charge on any atom is -0.292 e. The maximum absolute atomic E-state index is 11.6. The largest absolute Gasteiger partial charge is 0.292 e. The molecule has 1 atom stereocenters. The van der Waals surface area contributed by atoms with Crippen molar-refractivity contribution in [3.63, 3.8) is 0 Å². The second kappa shape index (κ2) is 4.49. The monoisotopic (exact) mass is 278 g/mol. The first-order chi connectivity index (χ1) is 6.04. The average molecular weight is 280 g/mol. The summed E-state index contributed by atoms with van der Waals surface area (Å²) in [6.07, 6.45) is 0. The molecule has 0 radical (unpaired) electrons. The predicted octanol–water partition coefficient (Wildman–Crippen LogP) is 3.55. The van der Waals surface area contributed by atoms with Crippen LogP contribution in [0.1, 0.15) is 17.3 Å². The Bertz CT molecular complexity index is 318. The van der Waals surface area contributed by atoms with Crippen LogP contribution in [0.3, 0.4) is 0 Å². The number of Topliss-reactive ketones (excluding diaryl/α,β-unsaturated/α-hetero) is 1. The van der Waals surface area contributed by atoms with Gasteiger partial charge in [-0.25, -0.2) is 0 Å². The maximum Gasteiger partial charge on any atom is 0.182 e. The van der Waals surface area contributed by atoms with E-state index in [2.05, 4.69) is 28.6 Å². The highest BCUT2D eigenvalue weighted by molar-refractivity contribution is 9.10. The molecule has 0 fully saturated rings. The van der Waals surface area contributed by atoms with Crippen LogP contribution in [-0.4, -0.2) is 11.2 Å². The van der Waals surface area contributed by atoms with Crippen molar-refractivity contribution in [2.45, 2.75) is 17.2 Å². The van der Waals surface area contributed by atoms with E-state index in [1.54, 1.807) is 19.1 Å². The molecule has 0 amide bonds. The molecule has 1 rings (SSSR count). The zero-order valence-corrected chi connectivity index (χ0v) is 10.2. The molecule has 1 unspecified atom stereocenters. The number of thiol groups is 1. The summed E-state index contributed by atoms with van der Waals surface area (Å²) in [6.45, 7) is 1.65. The van der Waals surface area contributed by atoms with Gasteiger partial charge in [-0.05, 0) is 19.1 Å². The molecule has 70 valence electrons. The predicted molar refractivity (Wildman–Crippen MR) is 61.0 cm³/mol. The molecule has 0 saturated heterocycles. The van der Waals surface area contributed by atoms with Gasteiger partial charge in [-0.3, -0.25) is 4.79 Å². The molecule has 0 aliphatic heterocycles. The Hall–Kier alpha value is 0.01000. The van der Waals surface area contributed by atoms with Crippen molar-refractivity contribution in [1.29, 1.82) is 0 Å². The third-order valence-corrected chi connectivity index (χ3v) is 2.83. The third kappa shape index (κ3) is 2.48. The van der Waals surface area contributed by atoms with Crippen molar-refractivity contribution < 1.29 is 4.79 Å². The minimum atomic E-state index is -0.524. The first-order valence-electron chi connectivity index (χ1n) is 3.69. The fourth-order valence-corrected chi connectivity index (χ4v) is 2.10. The topological polar surface area (TPSA) is 17.1 Å². The summed E-state index contributed by atoms with van der Waals surface area (Å²) in [5, 5.41) is -0.524. The zero-order chi connectivity index (χ0) is 10.0. The summed E-state index contributed by atoms with van der Waals surface area (Å²) < 4.78 is 0.734. The number of ketones is 1. The molecule has 1 aromatic rings. The average Bonchev–Trinajstić information content (AvgIpc) is 2.03. The SMILES string of the molecule is CC(Cl)C(=O)c1c(S)cccc1Br. The lowest BCUT2D eigenvalue weighted by molar-refractivity contribution is 0.0988. The number of carbonyl (C=O) groups is 1. The van der Waals surface area contributed by atoms with Crippen LogP contribution in [0.15, 0.2) is 27.6 Å². The van der Waals surface area contributed by atoms with Gasteiger partial charge in [-0.15, -0.1) is 24.2 Å². The van der Waals surface area contributed by atoms with Gasteiger partial charge in [-0.1, -0.05) is 22.0 Å². The van der Waals surface area contributed by atoms with Crippen molar-refractivity contribution in [2.75, 3.05) is 0 Å². The van der Waals surface area contributed by atoms with E-state index >= 15 is 0 Å². The Morgan fingerprint density at radius 2 is 2.23 bits per heavy atom. The lowest BCUT2D eigenvalue weighted by atomic mass is 10.1. The molecular weight excluding hydrogens is 272 g/mol. The summed E-state index contributed by atoms with van der Waals surface area (Å²) >= 11 is 13.2. The molecule has 13 heavy (non-hydrogen) atoms. The normalized spacial score (nSPS) is 12.6. The number of hydrogen-bond donors (Lipinski definition) is 1. The molecule has 4 heteroatoms. The highest BCUT2D eigenvalue weighted by Crippen LogP contribution is 2.25. The molecule has 0 spiro atoms. The molecule has 0 bridgehead atoms. The number of halogens is 2. The lowest BCUT2D eigenvalue weighted by Crippen LogP contribution is -2.11. The van der Waals surface area contributed by atoms with E-state index in [1.807, 2.05) is 6.07 Å². The molecule has 0 saturated carbocycles. The molecule has 1 nitrogen and oxygen atoms in total. The molecule has 0 aliphatic rings. The van der Waals surface area contributed by atoms with E-state index in [0.717, 1.165) is 4.47 Å². The summed E-state index contributed by atoms with van der Waals surface area (Å²) in [7, 11) is 0. The van der Waals surface area contributed by atoms with E-state index in [1.165, 1.54) is 0 Å². The first kappa shape index (κ1) is 11.1. The van der Waals surface area contributed by atoms with Gasteiger partial charge in [0, 0.05) is 14.9 Å². The Morgan fingerprint density at radius 3 is 2.69 bits per heavy atom. The van der Waals surface area contributed by atoms with E-state index < -0.39 is 5.38 Å². The van der Waals surface area contributed by atoms with Crippen molar-refractivity contribution in [3.8, 4) is 0 Å². The van der Waals surface area contributed by atoms with Crippen LogP contribution in [-0.2, 0) is 0 Å². The smallest absolute Gasteiger partial charge is 0.182 e. The molecule has 0 heterocycles. The Labute approximate surface area is 96.0 Å². The Kier molecular flexibility index (Phi) is 3.83. The standard InChI is InChI=1S/C9H8BrClOS/c1-5(11)9(12)8-6(10)3-2-4-7(8)13/h2-5,13H,1H3. The van der Waals surface area contributed by atoms with Gasteiger partial charge >= 0.3 is 0 Å². The fourth-order valence-electron chi connectivity index (χ4n) is 0.956. The van der Waals surface area contributed by atoms with Crippen LogP contribution in [0, 0.1) is 0 Å². The highest BCUT2D eigenvalue weighted by Gasteiger charge is 2.17. The van der Waals surface area contributed by atoms with E-state index in [9.17, 15) is 4.79 Å². The summed E-state index contributed by atoms with van der Waals surface area (Å²) in [6, 6.07) is 5.38. The van der Waals surface area contributed by atoms with Crippen LogP contribution < -0.4 is 0 Å². The molecule has 1 aromatic carbocycles. The summed E-state index contributed by atoms with van der Waals surface area (Å²) in [5.41, 5.74) is 0.549. The van der Waals surface area contributed by atoms with Gasteiger partial charge in [0.05, 0.1) is 5.38 Å².